The van der Waals surface area contributed by atoms with Crippen LogP contribution in [0.1, 0.15) is 18.2 Å². The van der Waals surface area contributed by atoms with Gasteiger partial charge in [-0.1, -0.05) is 0 Å². The molecule has 1 saturated heterocycles. The number of rotatable bonds is 8. The number of aromatic amines is 1. The normalized spacial score (nSPS) is 19.0. The van der Waals surface area contributed by atoms with Crippen LogP contribution in [0.3, 0.4) is 0 Å². The number of ether oxygens (including phenoxy) is 3. The first-order valence-corrected chi connectivity index (χ1v) is 9.52. The first kappa shape index (κ1) is 18.6. The van der Waals surface area contributed by atoms with Crippen molar-refractivity contribution in [1.82, 2.24) is 14.9 Å². The molecule has 3 heterocycles. The van der Waals surface area contributed by atoms with Crippen LogP contribution in [0.15, 0.2) is 29.5 Å². The molecule has 9 nitrogen and oxygen atoms in total. The molecule has 1 aromatic carbocycles. The molecule has 3 N–H and O–H groups in total. The van der Waals surface area contributed by atoms with Crippen LogP contribution >= 0.6 is 0 Å². The summed E-state index contributed by atoms with van der Waals surface area (Å²) < 4.78 is 17.0. The fraction of sp³-hybridized carbons (Fsp3) is 0.474. The van der Waals surface area contributed by atoms with Crippen LogP contribution in [0.2, 0.25) is 0 Å². The van der Waals surface area contributed by atoms with Gasteiger partial charge in [-0.2, -0.15) is 0 Å². The summed E-state index contributed by atoms with van der Waals surface area (Å²) in [7, 11) is 1.65. The Labute approximate surface area is 164 Å². The van der Waals surface area contributed by atoms with Gasteiger partial charge in [-0.15, -0.1) is 0 Å². The predicted octanol–water partition coefficient (Wildman–Crippen LogP) is 2.08. The molecule has 4 rings (SSSR count). The predicted molar refractivity (Wildman–Crippen MR) is 107 cm³/mol. The summed E-state index contributed by atoms with van der Waals surface area (Å²) in [4.78, 5) is 14.1. The van der Waals surface area contributed by atoms with Crippen molar-refractivity contribution in [3.05, 3.63) is 30.1 Å². The van der Waals surface area contributed by atoms with Crippen molar-refractivity contribution in [1.29, 1.82) is 0 Å². The molecule has 1 fully saturated rings. The molecule has 2 aliphatic heterocycles. The van der Waals surface area contributed by atoms with Gasteiger partial charge in [0.2, 0.25) is 5.95 Å². The van der Waals surface area contributed by atoms with Crippen molar-refractivity contribution >= 4 is 18.0 Å². The Kier molecular flexibility index (Phi) is 5.93. The Morgan fingerprint density at radius 3 is 2.96 bits per heavy atom. The van der Waals surface area contributed by atoms with Gasteiger partial charge in [-0.05, 0) is 12.5 Å². The van der Waals surface area contributed by atoms with Crippen molar-refractivity contribution in [3.63, 3.8) is 0 Å². The van der Waals surface area contributed by atoms with Crippen molar-refractivity contribution in [2.45, 2.75) is 12.6 Å². The summed E-state index contributed by atoms with van der Waals surface area (Å²) in [5.74, 6) is 2.08. The number of hydrogen-bond acceptors (Lipinski definition) is 8. The number of aliphatic imine (C=N–C) groups is 1. The third-order valence-electron chi connectivity index (χ3n) is 4.83. The average Bonchev–Trinajstić information content (AvgIpc) is 3.25. The fourth-order valence-electron chi connectivity index (χ4n) is 3.34. The number of morpholine rings is 1. The number of nitrogens with zero attached hydrogens (tertiary/aromatic N) is 3. The highest BCUT2D eigenvalue weighted by Crippen LogP contribution is 2.38. The number of nitrogens with one attached hydrogen (secondary N) is 3. The number of anilines is 2. The van der Waals surface area contributed by atoms with Gasteiger partial charge in [0.05, 0.1) is 39.0 Å². The van der Waals surface area contributed by atoms with Gasteiger partial charge >= 0.3 is 0 Å². The SMILES string of the molecule is COc1cc2c(cc1OCCCN1CCOCC1)NC=NC2Nc1ncc[nH]1. The first-order valence-electron chi connectivity index (χ1n) is 9.52. The number of imidazole rings is 1. The zero-order valence-electron chi connectivity index (χ0n) is 16.0. The summed E-state index contributed by atoms with van der Waals surface area (Å²) in [5, 5.41) is 6.45. The van der Waals surface area contributed by atoms with Gasteiger partial charge in [0, 0.05) is 43.7 Å². The Morgan fingerprint density at radius 2 is 2.18 bits per heavy atom. The van der Waals surface area contributed by atoms with E-state index in [0.29, 0.717) is 18.3 Å². The van der Waals surface area contributed by atoms with E-state index in [0.717, 1.165) is 56.3 Å². The minimum atomic E-state index is -0.258. The van der Waals surface area contributed by atoms with E-state index in [2.05, 4.69) is 30.5 Å². The maximum atomic E-state index is 6.02. The van der Waals surface area contributed by atoms with Crippen LogP contribution in [-0.2, 0) is 4.74 Å². The van der Waals surface area contributed by atoms with E-state index in [-0.39, 0.29) is 6.17 Å². The lowest BCUT2D eigenvalue weighted by molar-refractivity contribution is 0.0357. The summed E-state index contributed by atoms with van der Waals surface area (Å²) >= 11 is 0. The lowest BCUT2D eigenvalue weighted by Gasteiger charge is -2.26. The number of aromatic nitrogens is 2. The van der Waals surface area contributed by atoms with Gasteiger partial charge in [0.1, 0.15) is 0 Å². The number of hydrogen-bond donors (Lipinski definition) is 3. The largest absolute Gasteiger partial charge is 0.493 e. The molecule has 0 radical (unpaired) electrons. The van der Waals surface area contributed by atoms with Crippen LogP contribution in [0, 0.1) is 0 Å². The molecule has 9 heteroatoms. The minimum absolute atomic E-state index is 0.258. The number of methoxy groups -OCH3 is 1. The highest BCUT2D eigenvalue weighted by molar-refractivity contribution is 5.82. The van der Waals surface area contributed by atoms with Gasteiger partial charge in [-0.25, -0.2) is 9.98 Å². The third-order valence-corrected chi connectivity index (χ3v) is 4.83. The molecule has 2 aromatic rings. The molecule has 1 unspecified atom stereocenters. The molecular weight excluding hydrogens is 360 g/mol. The summed E-state index contributed by atoms with van der Waals surface area (Å²) in [6, 6.07) is 3.92. The average molecular weight is 386 g/mol. The Hall–Kier alpha value is -2.78. The van der Waals surface area contributed by atoms with Crippen molar-refractivity contribution in [3.8, 4) is 11.5 Å². The van der Waals surface area contributed by atoms with E-state index in [4.69, 9.17) is 14.2 Å². The highest BCUT2D eigenvalue weighted by Gasteiger charge is 2.22. The van der Waals surface area contributed by atoms with Gasteiger partial charge in [-0.3, -0.25) is 4.90 Å². The topological polar surface area (TPSA) is 96.0 Å². The first-order chi connectivity index (χ1) is 13.8. The van der Waals surface area contributed by atoms with E-state index >= 15 is 0 Å². The Morgan fingerprint density at radius 1 is 1.29 bits per heavy atom. The van der Waals surface area contributed by atoms with E-state index in [1.54, 1.807) is 25.8 Å². The van der Waals surface area contributed by atoms with E-state index in [9.17, 15) is 0 Å². The van der Waals surface area contributed by atoms with Crippen molar-refractivity contribution in [2.24, 2.45) is 4.99 Å². The zero-order chi connectivity index (χ0) is 19.2. The lowest BCUT2D eigenvalue weighted by Crippen LogP contribution is -2.37. The second kappa shape index (κ2) is 8.94. The summed E-state index contributed by atoms with van der Waals surface area (Å²) in [6.07, 6.45) is 5.84. The molecular formula is C19H26N6O3. The Bertz CT molecular complexity index is 789. The molecule has 0 saturated carbocycles. The molecule has 0 spiro atoms. The summed E-state index contributed by atoms with van der Waals surface area (Å²) in [5.41, 5.74) is 1.90. The second-order valence-corrected chi connectivity index (χ2v) is 6.65. The molecule has 1 atom stereocenters. The molecule has 28 heavy (non-hydrogen) atoms. The third kappa shape index (κ3) is 4.37. The van der Waals surface area contributed by atoms with Crippen LogP contribution in [0.5, 0.6) is 11.5 Å². The van der Waals surface area contributed by atoms with E-state index < -0.39 is 0 Å². The number of benzene rings is 1. The second-order valence-electron chi connectivity index (χ2n) is 6.65. The van der Waals surface area contributed by atoms with Crippen LogP contribution in [0.4, 0.5) is 11.6 Å². The summed E-state index contributed by atoms with van der Waals surface area (Å²) in [6.45, 7) is 5.27. The zero-order valence-corrected chi connectivity index (χ0v) is 16.0. The molecule has 0 amide bonds. The molecule has 1 aromatic heterocycles. The maximum absolute atomic E-state index is 6.02. The monoisotopic (exact) mass is 386 g/mol. The van der Waals surface area contributed by atoms with Gasteiger partial charge < -0.3 is 29.8 Å². The van der Waals surface area contributed by atoms with E-state index in [1.807, 2.05) is 12.1 Å². The molecule has 150 valence electrons. The van der Waals surface area contributed by atoms with Crippen molar-refractivity contribution < 1.29 is 14.2 Å². The fourth-order valence-corrected chi connectivity index (χ4v) is 3.34. The van der Waals surface area contributed by atoms with Crippen LogP contribution in [0.25, 0.3) is 0 Å². The van der Waals surface area contributed by atoms with Gasteiger partial charge in [0.15, 0.2) is 17.7 Å². The van der Waals surface area contributed by atoms with E-state index in [1.165, 1.54) is 0 Å². The quantitative estimate of drug-likeness (QED) is 0.598. The number of fused-ring (bicyclic) bond motifs is 1. The van der Waals surface area contributed by atoms with Crippen LogP contribution in [-0.4, -0.2) is 67.8 Å². The smallest absolute Gasteiger partial charge is 0.202 e. The Balaban J connectivity index is 1.40. The van der Waals surface area contributed by atoms with Crippen molar-refractivity contribution in [2.75, 3.05) is 57.2 Å². The maximum Gasteiger partial charge on any atom is 0.202 e. The van der Waals surface area contributed by atoms with Gasteiger partial charge in [0.25, 0.3) is 0 Å². The highest BCUT2D eigenvalue weighted by atomic mass is 16.5. The molecule has 0 bridgehead atoms. The minimum Gasteiger partial charge on any atom is -0.493 e. The molecule has 2 aliphatic rings. The number of H-pyrrole nitrogens is 1. The lowest BCUT2D eigenvalue weighted by atomic mass is 10.1. The molecule has 0 aliphatic carbocycles. The standard InChI is InChI=1S/C19H26N6O3/c1-26-16-11-14-15(22-13-23-18(14)24-19-20-3-4-21-19)12-17(16)28-8-2-5-25-6-9-27-10-7-25/h3-4,11-13,18H,2,5-10H2,1H3,(H,22,23)(H2,20,21,24). The van der Waals surface area contributed by atoms with Crippen LogP contribution < -0.4 is 20.1 Å².